The van der Waals surface area contributed by atoms with E-state index in [2.05, 4.69) is 11.9 Å². The Labute approximate surface area is 110 Å². The summed E-state index contributed by atoms with van der Waals surface area (Å²) >= 11 is 0. The van der Waals surface area contributed by atoms with E-state index in [1.165, 1.54) is 0 Å². The highest BCUT2D eigenvalue weighted by Gasteiger charge is 1.99. The van der Waals surface area contributed by atoms with Crippen molar-refractivity contribution in [2.75, 3.05) is 39.9 Å². The number of nitrogens with zero attached hydrogens (tertiary/aromatic N) is 1. The van der Waals surface area contributed by atoms with Crippen LogP contribution in [-0.2, 0) is 0 Å². The minimum absolute atomic E-state index is 0.687. The standard InChI is InChI=1S/C14H24N2O2/c1-3-17-13-5-7-14(8-6-13)18-12-11-16(2)10-4-9-15/h5-8H,3-4,9-12,15H2,1-2H3. The van der Waals surface area contributed by atoms with Crippen molar-refractivity contribution >= 4 is 0 Å². The Morgan fingerprint density at radius 1 is 1.06 bits per heavy atom. The summed E-state index contributed by atoms with van der Waals surface area (Å²) in [5, 5.41) is 0. The minimum atomic E-state index is 0.687. The zero-order valence-corrected chi connectivity index (χ0v) is 11.4. The summed E-state index contributed by atoms with van der Waals surface area (Å²) < 4.78 is 11.0. The summed E-state index contributed by atoms with van der Waals surface area (Å²) in [4.78, 5) is 2.22. The molecule has 1 aromatic rings. The normalized spacial score (nSPS) is 10.7. The molecule has 0 fully saturated rings. The van der Waals surface area contributed by atoms with Gasteiger partial charge in [-0.1, -0.05) is 0 Å². The Morgan fingerprint density at radius 2 is 1.67 bits per heavy atom. The lowest BCUT2D eigenvalue weighted by Gasteiger charge is -2.16. The average molecular weight is 252 g/mol. The van der Waals surface area contributed by atoms with Crippen molar-refractivity contribution in [1.29, 1.82) is 0 Å². The SMILES string of the molecule is CCOc1ccc(OCCN(C)CCCN)cc1. The summed E-state index contributed by atoms with van der Waals surface area (Å²) in [6.07, 6.45) is 1.03. The highest BCUT2D eigenvalue weighted by Crippen LogP contribution is 2.17. The van der Waals surface area contributed by atoms with Gasteiger partial charge >= 0.3 is 0 Å². The Morgan fingerprint density at radius 3 is 2.22 bits per heavy atom. The highest BCUT2D eigenvalue weighted by atomic mass is 16.5. The van der Waals surface area contributed by atoms with Crippen molar-refractivity contribution in [3.63, 3.8) is 0 Å². The average Bonchev–Trinajstić information content (AvgIpc) is 2.39. The van der Waals surface area contributed by atoms with Gasteiger partial charge in [0.15, 0.2) is 0 Å². The van der Waals surface area contributed by atoms with E-state index in [0.717, 1.165) is 37.6 Å². The zero-order valence-electron chi connectivity index (χ0n) is 11.4. The van der Waals surface area contributed by atoms with E-state index in [0.29, 0.717) is 13.2 Å². The van der Waals surface area contributed by atoms with E-state index in [1.807, 2.05) is 31.2 Å². The molecule has 0 aliphatic heterocycles. The van der Waals surface area contributed by atoms with Crippen molar-refractivity contribution < 1.29 is 9.47 Å². The summed E-state index contributed by atoms with van der Waals surface area (Å²) in [7, 11) is 2.08. The van der Waals surface area contributed by atoms with Gasteiger partial charge in [0.2, 0.25) is 0 Å². The van der Waals surface area contributed by atoms with Crippen LogP contribution in [0.15, 0.2) is 24.3 Å². The van der Waals surface area contributed by atoms with E-state index < -0.39 is 0 Å². The molecule has 0 saturated heterocycles. The molecule has 2 N–H and O–H groups in total. The van der Waals surface area contributed by atoms with Crippen molar-refractivity contribution in [1.82, 2.24) is 4.90 Å². The molecule has 0 aliphatic rings. The Hall–Kier alpha value is -1.26. The summed E-state index contributed by atoms with van der Waals surface area (Å²) in [6, 6.07) is 7.73. The number of hydrogen-bond donors (Lipinski definition) is 1. The predicted octanol–water partition coefficient (Wildman–Crippen LogP) is 1.74. The van der Waals surface area contributed by atoms with Crippen molar-refractivity contribution in [2.24, 2.45) is 5.73 Å². The van der Waals surface area contributed by atoms with Crippen LogP contribution in [0.5, 0.6) is 11.5 Å². The molecule has 0 saturated carbocycles. The van der Waals surface area contributed by atoms with E-state index in [1.54, 1.807) is 0 Å². The molecule has 0 aromatic heterocycles. The molecule has 0 heterocycles. The molecular weight excluding hydrogens is 228 g/mol. The van der Waals surface area contributed by atoms with Crippen molar-refractivity contribution in [3.8, 4) is 11.5 Å². The minimum Gasteiger partial charge on any atom is -0.494 e. The lowest BCUT2D eigenvalue weighted by Crippen LogP contribution is -2.26. The van der Waals surface area contributed by atoms with Crippen LogP contribution in [0, 0.1) is 0 Å². The van der Waals surface area contributed by atoms with Crippen LogP contribution in [0.1, 0.15) is 13.3 Å². The molecule has 4 heteroatoms. The van der Waals surface area contributed by atoms with Gasteiger partial charge in [0.25, 0.3) is 0 Å². The molecule has 18 heavy (non-hydrogen) atoms. The third-order valence-corrected chi connectivity index (χ3v) is 2.62. The lowest BCUT2D eigenvalue weighted by molar-refractivity contribution is 0.236. The van der Waals surface area contributed by atoms with E-state index in [9.17, 15) is 0 Å². The first-order valence-corrected chi connectivity index (χ1v) is 6.50. The number of hydrogen-bond acceptors (Lipinski definition) is 4. The van der Waals surface area contributed by atoms with Gasteiger partial charge in [-0.15, -0.1) is 0 Å². The molecule has 0 bridgehead atoms. The van der Waals surface area contributed by atoms with Crippen LogP contribution in [0.4, 0.5) is 0 Å². The largest absolute Gasteiger partial charge is 0.494 e. The summed E-state index contributed by atoms with van der Waals surface area (Å²) in [5.41, 5.74) is 5.47. The fraction of sp³-hybridized carbons (Fsp3) is 0.571. The topological polar surface area (TPSA) is 47.7 Å². The lowest BCUT2D eigenvalue weighted by atomic mass is 10.3. The van der Waals surface area contributed by atoms with E-state index in [-0.39, 0.29) is 0 Å². The summed E-state index contributed by atoms with van der Waals surface area (Å²) in [6.45, 7) is 6.02. The van der Waals surface area contributed by atoms with Gasteiger partial charge in [0, 0.05) is 6.54 Å². The molecule has 0 amide bonds. The second-order valence-electron chi connectivity index (χ2n) is 4.20. The number of benzene rings is 1. The van der Waals surface area contributed by atoms with E-state index in [4.69, 9.17) is 15.2 Å². The fourth-order valence-corrected chi connectivity index (χ4v) is 1.59. The van der Waals surface area contributed by atoms with Gasteiger partial charge in [-0.25, -0.2) is 0 Å². The molecule has 1 aromatic carbocycles. The Bertz CT molecular complexity index is 314. The Kier molecular flexibility index (Phi) is 7.22. The first-order valence-electron chi connectivity index (χ1n) is 6.50. The van der Waals surface area contributed by atoms with Gasteiger partial charge in [-0.3, -0.25) is 0 Å². The van der Waals surface area contributed by atoms with Crippen molar-refractivity contribution in [3.05, 3.63) is 24.3 Å². The molecule has 0 unspecified atom stereocenters. The maximum absolute atomic E-state index is 5.66. The monoisotopic (exact) mass is 252 g/mol. The second-order valence-corrected chi connectivity index (χ2v) is 4.20. The van der Waals surface area contributed by atoms with Crippen LogP contribution < -0.4 is 15.2 Å². The first-order chi connectivity index (χ1) is 8.76. The molecule has 0 spiro atoms. The number of nitrogens with two attached hydrogens (primary N) is 1. The Balaban J connectivity index is 2.22. The third-order valence-electron chi connectivity index (χ3n) is 2.62. The van der Waals surface area contributed by atoms with Crippen LogP contribution >= 0.6 is 0 Å². The molecule has 102 valence electrons. The van der Waals surface area contributed by atoms with Crippen molar-refractivity contribution in [2.45, 2.75) is 13.3 Å². The maximum atomic E-state index is 5.66. The van der Waals surface area contributed by atoms with Crippen LogP contribution in [-0.4, -0.2) is 44.8 Å². The van der Waals surface area contributed by atoms with Gasteiger partial charge < -0.3 is 20.1 Å². The first kappa shape index (κ1) is 14.8. The molecule has 0 radical (unpaired) electrons. The molecular formula is C14H24N2O2. The number of ether oxygens (including phenoxy) is 2. The number of rotatable bonds is 9. The quantitative estimate of drug-likeness (QED) is 0.727. The molecule has 4 nitrogen and oxygen atoms in total. The van der Waals surface area contributed by atoms with Crippen LogP contribution in [0.25, 0.3) is 0 Å². The maximum Gasteiger partial charge on any atom is 0.119 e. The molecule has 0 aliphatic carbocycles. The number of likely N-dealkylation sites (N-methyl/N-ethyl adjacent to an activating group) is 1. The second kappa shape index (κ2) is 8.78. The third kappa shape index (κ3) is 5.89. The van der Waals surface area contributed by atoms with Crippen LogP contribution in [0.2, 0.25) is 0 Å². The van der Waals surface area contributed by atoms with Gasteiger partial charge in [0.1, 0.15) is 18.1 Å². The highest BCUT2D eigenvalue weighted by molar-refractivity contribution is 5.31. The molecule has 1 rings (SSSR count). The predicted molar refractivity (Wildman–Crippen MR) is 74.3 cm³/mol. The van der Waals surface area contributed by atoms with Gasteiger partial charge in [0.05, 0.1) is 6.61 Å². The fourth-order valence-electron chi connectivity index (χ4n) is 1.59. The van der Waals surface area contributed by atoms with E-state index >= 15 is 0 Å². The smallest absolute Gasteiger partial charge is 0.119 e. The van der Waals surface area contributed by atoms with Gasteiger partial charge in [-0.05, 0) is 57.7 Å². The zero-order chi connectivity index (χ0) is 13.2. The summed E-state index contributed by atoms with van der Waals surface area (Å²) in [5.74, 6) is 1.76. The molecule has 0 atom stereocenters. The van der Waals surface area contributed by atoms with Crippen LogP contribution in [0.3, 0.4) is 0 Å². The van der Waals surface area contributed by atoms with Gasteiger partial charge in [-0.2, -0.15) is 0 Å².